The van der Waals surface area contributed by atoms with Crippen LogP contribution >= 0.6 is 0 Å². The molecule has 0 unspecified atom stereocenters. The third-order valence-corrected chi connectivity index (χ3v) is 5.93. The Hall–Kier alpha value is -2.24. The van der Waals surface area contributed by atoms with E-state index < -0.39 is 5.41 Å². The Bertz CT molecular complexity index is 706. The van der Waals surface area contributed by atoms with Crippen molar-refractivity contribution < 1.29 is 19.1 Å². The van der Waals surface area contributed by atoms with Crippen LogP contribution in [-0.4, -0.2) is 43.1 Å². The van der Waals surface area contributed by atoms with Gasteiger partial charge < -0.3 is 19.7 Å². The van der Waals surface area contributed by atoms with E-state index in [2.05, 4.69) is 5.32 Å². The van der Waals surface area contributed by atoms with E-state index in [1.807, 2.05) is 30.0 Å². The number of hydrogen-bond acceptors (Lipinski definition) is 4. The summed E-state index contributed by atoms with van der Waals surface area (Å²) in [4.78, 5) is 27.3. The van der Waals surface area contributed by atoms with Crippen LogP contribution in [0.1, 0.15) is 44.6 Å². The van der Waals surface area contributed by atoms with Gasteiger partial charge >= 0.3 is 0 Å². The van der Waals surface area contributed by atoms with Gasteiger partial charge in [0.15, 0.2) is 11.5 Å². The average molecular weight is 358 g/mol. The van der Waals surface area contributed by atoms with Crippen molar-refractivity contribution in [3.05, 3.63) is 23.8 Å². The third kappa shape index (κ3) is 2.81. The quantitative estimate of drug-likeness (QED) is 0.896. The lowest BCUT2D eigenvalue weighted by molar-refractivity contribution is -0.149. The summed E-state index contributed by atoms with van der Waals surface area (Å²) in [5.41, 5.74) is 0.527. The van der Waals surface area contributed by atoms with Crippen LogP contribution in [0.3, 0.4) is 0 Å². The number of benzene rings is 1. The van der Waals surface area contributed by atoms with E-state index in [0.717, 1.165) is 42.7 Å². The number of carbonyl (C=O) groups excluding carboxylic acids is 2. The zero-order chi connectivity index (χ0) is 18.1. The molecule has 1 aliphatic carbocycles. The minimum absolute atomic E-state index is 0.0531. The van der Waals surface area contributed by atoms with E-state index in [-0.39, 0.29) is 24.5 Å². The summed E-state index contributed by atoms with van der Waals surface area (Å²) < 4.78 is 10.9. The number of carbonyl (C=O) groups is 2. The van der Waals surface area contributed by atoms with E-state index in [1.165, 1.54) is 6.42 Å². The van der Waals surface area contributed by atoms with E-state index in [4.69, 9.17) is 9.47 Å². The van der Waals surface area contributed by atoms with Crippen molar-refractivity contribution in [3.8, 4) is 11.5 Å². The lowest BCUT2D eigenvalue weighted by atomic mass is 9.67. The van der Waals surface area contributed by atoms with Crippen molar-refractivity contribution >= 4 is 11.8 Å². The molecule has 4 rings (SSSR count). The smallest absolute Gasteiger partial charge is 0.233 e. The lowest BCUT2D eigenvalue weighted by Gasteiger charge is -2.46. The topological polar surface area (TPSA) is 67.9 Å². The first-order valence-electron chi connectivity index (χ1n) is 9.61. The van der Waals surface area contributed by atoms with Crippen LogP contribution in [0, 0.1) is 5.92 Å². The second-order valence-corrected chi connectivity index (χ2v) is 7.51. The number of nitrogens with one attached hydrogen (secondary N) is 1. The highest BCUT2D eigenvalue weighted by Gasteiger charge is 2.48. The highest BCUT2D eigenvalue weighted by molar-refractivity contribution is 5.91. The summed E-state index contributed by atoms with van der Waals surface area (Å²) in [7, 11) is 0. The molecule has 26 heavy (non-hydrogen) atoms. The molecule has 140 valence electrons. The predicted molar refractivity (Wildman–Crippen MR) is 96.1 cm³/mol. The summed E-state index contributed by atoms with van der Waals surface area (Å²) >= 11 is 0. The molecule has 6 heteroatoms. The van der Waals surface area contributed by atoms with Crippen molar-refractivity contribution in [3.63, 3.8) is 0 Å². The molecule has 2 heterocycles. The molecule has 0 atom stereocenters. The van der Waals surface area contributed by atoms with Gasteiger partial charge in [0.25, 0.3) is 0 Å². The number of rotatable bonds is 4. The molecule has 1 aromatic rings. The van der Waals surface area contributed by atoms with E-state index in [9.17, 15) is 9.59 Å². The molecule has 2 fully saturated rings. The third-order valence-electron chi connectivity index (χ3n) is 5.93. The second kappa shape index (κ2) is 6.82. The molecule has 1 saturated carbocycles. The van der Waals surface area contributed by atoms with Crippen LogP contribution in [0.2, 0.25) is 0 Å². The minimum atomic E-state index is -0.495. The highest BCUT2D eigenvalue weighted by Crippen LogP contribution is 2.45. The van der Waals surface area contributed by atoms with Gasteiger partial charge in [-0.1, -0.05) is 25.3 Å². The normalized spacial score (nSPS) is 21.2. The van der Waals surface area contributed by atoms with Crippen LogP contribution in [0.5, 0.6) is 11.5 Å². The molecule has 2 aliphatic heterocycles. The predicted octanol–water partition coefficient (Wildman–Crippen LogP) is 2.21. The number of hydrogen-bond donors (Lipinski definition) is 1. The van der Waals surface area contributed by atoms with Crippen molar-refractivity contribution in [2.45, 2.75) is 44.4 Å². The molecule has 1 aromatic carbocycles. The summed E-state index contributed by atoms with van der Waals surface area (Å²) in [5.74, 6) is 1.61. The van der Waals surface area contributed by atoms with Crippen LogP contribution in [0.15, 0.2) is 18.2 Å². The SMILES string of the molecule is CCNC(=O)C1CN(C(=O)C2(c3ccc4c(c3)OCO4)CCCCC2)C1. The average Bonchev–Trinajstić information content (AvgIpc) is 3.09. The Kier molecular flexibility index (Phi) is 4.51. The standard InChI is InChI=1S/C20H26N2O4/c1-2-21-18(23)14-11-22(12-14)19(24)20(8-4-3-5-9-20)15-6-7-16-17(10-15)26-13-25-16/h6-7,10,14H,2-5,8-9,11-13H2,1H3,(H,21,23). The van der Waals surface area contributed by atoms with Gasteiger partial charge in [0.1, 0.15) is 0 Å². The molecule has 1 N–H and O–H groups in total. The maximum atomic E-state index is 13.5. The fraction of sp³-hybridized carbons (Fsp3) is 0.600. The van der Waals surface area contributed by atoms with E-state index in [1.54, 1.807) is 0 Å². The minimum Gasteiger partial charge on any atom is -0.454 e. The Morgan fingerprint density at radius 2 is 1.88 bits per heavy atom. The maximum absolute atomic E-state index is 13.5. The van der Waals surface area contributed by atoms with E-state index in [0.29, 0.717) is 19.6 Å². The Morgan fingerprint density at radius 3 is 2.62 bits per heavy atom. The summed E-state index contributed by atoms with van der Waals surface area (Å²) in [6.07, 6.45) is 4.98. The Labute approximate surface area is 153 Å². The van der Waals surface area contributed by atoms with Gasteiger partial charge in [-0.3, -0.25) is 9.59 Å². The van der Waals surface area contributed by atoms with Crippen molar-refractivity contribution in [1.82, 2.24) is 10.2 Å². The van der Waals surface area contributed by atoms with E-state index >= 15 is 0 Å². The lowest BCUT2D eigenvalue weighted by Crippen LogP contribution is -2.60. The van der Waals surface area contributed by atoms with Gasteiger partial charge in [-0.25, -0.2) is 0 Å². The van der Waals surface area contributed by atoms with Crippen molar-refractivity contribution in [2.24, 2.45) is 5.92 Å². The van der Waals surface area contributed by atoms with Gasteiger partial charge in [-0.2, -0.15) is 0 Å². The summed E-state index contributed by atoms with van der Waals surface area (Å²) in [5, 5.41) is 2.85. The van der Waals surface area contributed by atoms with Gasteiger partial charge in [0.05, 0.1) is 11.3 Å². The van der Waals surface area contributed by atoms with Crippen molar-refractivity contribution in [1.29, 1.82) is 0 Å². The largest absolute Gasteiger partial charge is 0.454 e. The number of amides is 2. The molecular weight excluding hydrogens is 332 g/mol. The van der Waals surface area contributed by atoms with Gasteiger partial charge in [0, 0.05) is 19.6 Å². The van der Waals surface area contributed by atoms with Gasteiger partial charge in [0.2, 0.25) is 18.6 Å². The monoisotopic (exact) mass is 358 g/mol. The summed E-state index contributed by atoms with van der Waals surface area (Å²) in [6.45, 7) is 3.83. The zero-order valence-electron chi connectivity index (χ0n) is 15.3. The number of ether oxygens (including phenoxy) is 2. The number of fused-ring (bicyclic) bond motifs is 1. The molecular formula is C20H26N2O4. The molecule has 2 amide bonds. The van der Waals surface area contributed by atoms with Gasteiger partial charge in [-0.15, -0.1) is 0 Å². The first-order valence-corrected chi connectivity index (χ1v) is 9.61. The number of likely N-dealkylation sites (tertiary alicyclic amines) is 1. The molecule has 3 aliphatic rings. The molecule has 0 radical (unpaired) electrons. The molecule has 6 nitrogen and oxygen atoms in total. The van der Waals surface area contributed by atoms with Crippen LogP contribution < -0.4 is 14.8 Å². The Morgan fingerprint density at radius 1 is 1.15 bits per heavy atom. The summed E-state index contributed by atoms with van der Waals surface area (Å²) in [6, 6.07) is 5.90. The van der Waals surface area contributed by atoms with Crippen LogP contribution in [-0.2, 0) is 15.0 Å². The Balaban J connectivity index is 1.55. The first kappa shape index (κ1) is 17.2. The van der Waals surface area contributed by atoms with Gasteiger partial charge in [-0.05, 0) is 37.5 Å². The zero-order valence-corrected chi connectivity index (χ0v) is 15.3. The fourth-order valence-electron chi connectivity index (χ4n) is 4.41. The fourth-order valence-corrected chi connectivity index (χ4v) is 4.41. The molecule has 0 aromatic heterocycles. The second-order valence-electron chi connectivity index (χ2n) is 7.51. The van der Waals surface area contributed by atoms with Crippen molar-refractivity contribution in [2.75, 3.05) is 26.4 Å². The molecule has 1 saturated heterocycles. The van der Waals surface area contributed by atoms with Crippen LogP contribution in [0.4, 0.5) is 0 Å². The molecule has 0 spiro atoms. The molecule has 0 bridgehead atoms. The maximum Gasteiger partial charge on any atom is 0.233 e. The first-order chi connectivity index (χ1) is 12.6. The van der Waals surface area contributed by atoms with Crippen LogP contribution in [0.25, 0.3) is 0 Å². The highest BCUT2D eigenvalue weighted by atomic mass is 16.7. The number of nitrogens with zero attached hydrogens (tertiary/aromatic N) is 1.